The molecule has 0 spiro atoms. The second-order valence-corrected chi connectivity index (χ2v) is 4.81. The summed E-state index contributed by atoms with van der Waals surface area (Å²) in [7, 11) is 0. The first-order chi connectivity index (χ1) is 10.3. The van der Waals surface area contributed by atoms with Crippen LogP contribution in [0.1, 0.15) is 12.0 Å². The van der Waals surface area contributed by atoms with Gasteiger partial charge in [-0.25, -0.2) is 4.79 Å². The summed E-state index contributed by atoms with van der Waals surface area (Å²) in [5.41, 5.74) is 1.12. The molecule has 1 aliphatic rings. The van der Waals surface area contributed by atoms with E-state index in [1.165, 1.54) is 0 Å². The van der Waals surface area contributed by atoms with Crippen LogP contribution in [0.25, 0.3) is 0 Å². The number of carbonyl (C=O) groups excluding carboxylic acids is 1. The van der Waals surface area contributed by atoms with Gasteiger partial charge in [0.2, 0.25) is 0 Å². The molecule has 0 saturated carbocycles. The molecule has 1 unspecified atom stereocenters. The summed E-state index contributed by atoms with van der Waals surface area (Å²) in [6, 6.07) is 17.2. The van der Waals surface area contributed by atoms with Gasteiger partial charge in [0.25, 0.3) is 0 Å². The predicted octanol–water partition coefficient (Wildman–Crippen LogP) is 2.96. The van der Waals surface area contributed by atoms with Crippen LogP contribution in [0.2, 0.25) is 0 Å². The lowest BCUT2D eigenvalue weighted by molar-refractivity contribution is -0.143. The Morgan fingerprint density at radius 1 is 1.00 bits per heavy atom. The summed E-state index contributed by atoms with van der Waals surface area (Å²) in [4.78, 5) is 11.3. The molecule has 1 aliphatic heterocycles. The Labute approximate surface area is 123 Å². The first-order valence-corrected chi connectivity index (χ1v) is 6.91. The van der Waals surface area contributed by atoms with E-state index in [0.717, 1.165) is 11.3 Å². The lowest BCUT2D eigenvalue weighted by atomic mass is 10.2. The van der Waals surface area contributed by atoms with Gasteiger partial charge in [-0.1, -0.05) is 30.3 Å². The number of carbonyl (C=O) groups is 1. The molecule has 21 heavy (non-hydrogen) atoms. The third kappa shape index (κ3) is 3.54. The third-order valence-electron chi connectivity index (χ3n) is 3.24. The molecule has 3 rings (SSSR count). The molecule has 0 N–H and O–H groups in total. The van der Waals surface area contributed by atoms with Gasteiger partial charge in [0.05, 0.1) is 6.61 Å². The molecule has 1 atom stereocenters. The molecule has 2 aromatic rings. The fraction of sp³-hybridized carbons (Fsp3) is 0.235. The van der Waals surface area contributed by atoms with Crippen molar-refractivity contribution in [2.24, 2.45) is 0 Å². The zero-order valence-corrected chi connectivity index (χ0v) is 11.5. The van der Waals surface area contributed by atoms with Crippen LogP contribution in [-0.4, -0.2) is 18.7 Å². The van der Waals surface area contributed by atoms with Crippen LogP contribution in [0.3, 0.4) is 0 Å². The summed E-state index contributed by atoms with van der Waals surface area (Å²) in [5.74, 6) is 1.12. The second kappa shape index (κ2) is 6.31. The van der Waals surface area contributed by atoms with Crippen LogP contribution < -0.4 is 9.47 Å². The quantitative estimate of drug-likeness (QED) is 0.792. The summed E-state index contributed by atoms with van der Waals surface area (Å²) in [6.45, 7) is 0.956. The molecule has 108 valence electrons. The molecule has 1 fully saturated rings. The second-order valence-electron chi connectivity index (χ2n) is 4.81. The van der Waals surface area contributed by atoms with E-state index in [4.69, 9.17) is 14.2 Å². The van der Waals surface area contributed by atoms with Gasteiger partial charge in [0.1, 0.15) is 18.1 Å². The van der Waals surface area contributed by atoms with Crippen molar-refractivity contribution in [2.45, 2.75) is 19.1 Å². The summed E-state index contributed by atoms with van der Waals surface area (Å²) in [6.07, 6.45) is 0.117. The minimum atomic E-state index is -0.485. The van der Waals surface area contributed by atoms with Crippen molar-refractivity contribution < 1.29 is 19.0 Å². The summed E-state index contributed by atoms with van der Waals surface area (Å²) in [5, 5.41) is 0. The molecule has 0 bridgehead atoms. The van der Waals surface area contributed by atoms with Crippen LogP contribution in [0.4, 0.5) is 0 Å². The Balaban J connectivity index is 1.55. The van der Waals surface area contributed by atoms with Gasteiger partial charge in [0, 0.05) is 6.42 Å². The van der Waals surface area contributed by atoms with Crippen molar-refractivity contribution in [3.8, 4) is 11.5 Å². The van der Waals surface area contributed by atoms with Gasteiger partial charge in [-0.15, -0.1) is 0 Å². The van der Waals surface area contributed by atoms with Crippen molar-refractivity contribution >= 4 is 5.97 Å². The Hall–Kier alpha value is -2.49. The maximum atomic E-state index is 11.3. The van der Waals surface area contributed by atoms with Gasteiger partial charge >= 0.3 is 5.97 Å². The Bertz CT molecular complexity index is 592. The molecule has 2 aromatic carbocycles. The minimum absolute atomic E-state index is 0.292. The zero-order valence-electron chi connectivity index (χ0n) is 11.5. The highest BCUT2D eigenvalue weighted by molar-refractivity contribution is 5.76. The fourth-order valence-electron chi connectivity index (χ4n) is 2.10. The van der Waals surface area contributed by atoms with Crippen molar-refractivity contribution in [1.29, 1.82) is 0 Å². The van der Waals surface area contributed by atoms with Crippen LogP contribution in [-0.2, 0) is 16.1 Å². The van der Waals surface area contributed by atoms with Crippen molar-refractivity contribution in [3.05, 3.63) is 60.2 Å². The van der Waals surface area contributed by atoms with Gasteiger partial charge in [-0.3, -0.25) is 0 Å². The lowest BCUT2D eigenvalue weighted by Gasteiger charge is -2.11. The third-order valence-corrected chi connectivity index (χ3v) is 3.24. The average molecular weight is 284 g/mol. The Morgan fingerprint density at radius 2 is 1.71 bits per heavy atom. The van der Waals surface area contributed by atoms with E-state index in [9.17, 15) is 4.79 Å². The molecule has 0 aliphatic carbocycles. The minimum Gasteiger partial charge on any atom is -0.489 e. The monoisotopic (exact) mass is 284 g/mol. The molecule has 1 heterocycles. The molecule has 0 radical (unpaired) electrons. The number of esters is 1. The van der Waals surface area contributed by atoms with Gasteiger partial charge in [0.15, 0.2) is 6.10 Å². The standard InChI is InChI=1S/C17H16O4/c18-17-16(10-11-19-17)21-15-8-6-14(7-9-15)20-12-13-4-2-1-3-5-13/h1-9,16H,10-12H2. The lowest BCUT2D eigenvalue weighted by Crippen LogP contribution is -2.21. The highest BCUT2D eigenvalue weighted by atomic mass is 16.6. The van der Waals surface area contributed by atoms with Crippen molar-refractivity contribution in [1.82, 2.24) is 0 Å². The van der Waals surface area contributed by atoms with Gasteiger partial charge < -0.3 is 14.2 Å². The zero-order chi connectivity index (χ0) is 14.5. The van der Waals surface area contributed by atoms with E-state index in [1.54, 1.807) is 12.1 Å². The van der Waals surface area contributed by atoms with Crippen molar-refractivity contribution in [3.63, 3.8) is 0 Å². The summed E-state index contributed by atoms with van der Waals surface area (Å²) < 4.78 is 16.1. The fourth-order valence-corrected chi connectivity index (χ4v) is 2.10. The highest BCUT2D eigenvalue weighted by Gasteiger charge is 2.28. The number of cyclic esters (lactones) is 1. The molecule has 1 saturated heterocycles. The SMILES string of the molecule is O=C1OCCC1Oc1ccc(OCc2ccccc2)cc1. The van der Waals surface area contributed by atoms with Crippen LogP contribution in [0.5, 0.6) is 11.5 Å². The molecule has 4 heteroatoms. The maximum Gasteiger partial charge on any atom is 0.347 e. The van der Waals surface area contributed by atoms with Crippen LogP contribution in [0.15, 0.2) is 54.6 Å². The van der Waals surface area contributed by atoms with E-state index >= 15 is 0 Å². The molecule has 0 aromatic heterocycles. The number of hydrogen-bond acceptors (Lipinski definition) is 4. The predicted molar refractivity (Wildman–Crippen MR) is 77.2 cm³/mol. The van der Waals surface area contributed by atoms with Crippen LogP contribution >= 0.6 is 0 Å². The van der Waals surface area contributed by atoms with E-state index < -0.39 is 6.10 Å². The molecule has 0 amide bonds. The van der Waals surface area contributed by atoms with Gasteiger partial charge in [-0.2, -0.15) is 0 Å². The number of rotatable bonds is 5. The number of ether oxygens (including phenoxy) is 3. The first kappa shape index (κ1) is 13.5. The largest absolute Gasteiger partial charge is 0.489 e. The number of hydrogen-bond donors (Lipinski definition) is 0. The van der Waals surface area contributed by atoms with Gasteiger partial charge in [-0.05, 0) is 29.8 Å². The van der Waals surface area contributed by atoms with E-state index in [1.807, 2.05) is 42.5 Å². The normalized spacial score (nSPS) is 17.3. The smallest absolute Gasteiger partial charge is 0.347 e. The van der Waals surface area contributed by atoms with E-state index in [-0.39, 0.29) is 5.97 Å². The van der Waals surface area contributed by atoms with E-state index in [2.05, 4.69) is 0 Å². The Morgan fingerprint density at radius 3 is 2.38 bits per heavy atom. The molecular weight excluding hydrogens is 268 g/mol. The Kier molecular flexibility index (Phi) is 4.05. The maximum absolute atomic E-state index is 11.3. The van der Waals surface area contributed by atoms with E-state index in [0.29, 0.717) is 25.4 Å². The first-order valence-electron chi connectivity index (χ1n) is 6.91. The number of benzene rings is 2. The molecular formula is C17H16O4. The topological polar surface area (TPSA) is 44.8 Å². The average Bonchev–Trinajstić information content (AvgIpc) is 2.93. The van der Waals surface area contributed by atoms with Crippen LogP contribution in [0, 0.1) is 0 Å². The molecule has 4 nitrogen and oxygen atoms in total. The summed E-state index contributed by atoms with van der Waals surface area (Å²) >= 11 is 0. The van der Waals surface area contributed by atoms with Crippen molar-refractivity contribution in [2.75, 3.05) is 6.61 Å². The highest BCUT2D eigenvalue weighted by Crippen LogP contribution is 2.21.